The van der Waals surface area contributed by atoms with Crippen molar-refractivity contribution in [1.29, 1.82) is 0 Å². The fourth-order valence-corrected chi connectivity index (χ4v) is 1.03. The minimum absolute atomic E-state index is 0.0978. The maximum Gasteiger partial charge on any atom is 0.269 e. The number of primary amides is 1. The Balaban J connectivity index is 2.55. The molecule has 1 rings (SSSR count). The van der Waals surface area contributed by atoms with Crippen LogP contribution in [0.4, 0.5) is 5.82 Å². The molecule has 0 aromatic carbocycles. The highest BCUT2D eigenvalue weighted by molar-refractivity contribution is 5.92. The zero-order valence-electron chi connectivity index (χ0n) is 8.56. The molecule has 0 saturated heterocycles. The Labute approximate surface area is 92.2 Å². The minimum atomic E-state index is -0.467. The van der Waals surface area contributed by atoms with E-state index in [4.69, 9.17) is 11.6 Å². The average Bonchev–Trinajstić information content (AvgIpc) is 2.28. The summed E-state index contributed by atoms with van der Waals surface area (Å²) in [5.41, 5.74) is 7.48. The van der Waals surface area contributed by atoms with Crippen molar-refractivity contribution >= 4 is 17.6 Å². The lowest BCUT2D eigenvalue weighted by molar-refractivity contribution is -0.117. The van der Waals surface area contributed by atoms with Crippen LogP contribution >= 0.6 is 0 Å². The van der Waals surface area contributed by atoms with Gasteiger partial charge >= 0.3 is 0 Å². The summed E-state index contributed by atoms with van der Waals surface area (Å²) >= 11 is 0. The number of hydrazine groups is 1. The molecular weight excluding hydrogens is 210 g/mol. The Kier molecular flexibility index (Phi) is 4.22. The van der Waals surface area contributed by atoms with E-state index in [1.165, 1.54) is 0 Å². The summed E-state index contributed by atoms with van der Waals surface area (Å²) in [6, 6.07) is 4.81. The van der Waals surface area contributed by atoms with Crippen LogP contribution in [0.1, 0.15) is 16.9 Å². The molecule has 2 amide bonds. The third kappa shape index (κ3) is 3.54. The number of carbonyl (C=O) groups is 2. The first kappa shape index (κ1) is 11.9. The van der Waals surface area contributed by atoms with E-state index in [-0.39, 0.29) is 24.6 Å². The van der Waals surface area contributed by atoms with Crippen LogP contribution < -0.4 is 22.3 Å². The maximum atomic E-state index is 11.5. The molecule has 0 fully saturated rings. The van der Waals surface area contributed by atoms with E-state index >= 15 is 0 Å². The van der Waals surface area contributed by atoms with Crippen molar-refractivity contribution in [3.05, 3.63) is 23.9 Å². The van der Waals surface area contributed by atoms with Crippen molar-refractivity contribution in [3.63, 3.8) is 0 Å². The number of nitrogens with one attached hydrogen (secondary N) is 2. The number of hydrogen-bond acceptors (Lipinski definition) is 5. The first-order chi connectivity index (χ1) is 7.63. The highest BCUT2D eigenvalue weighted by Crippen LogP contribution is 2.02. The Morgan fingerprint density at radius 2 is 2.12 bits per heavy atom. The number of pyridine rings is 1. The first-order valence-electron chi connectivity index (χ1n) is 4.63. The van der Waals surface area contributed by atoms with Crippen molar-refractivity contribution in [2.45, 2.75) is 6.42 Å². The van der Waals surface area contributed by atoms with Crippen LogP contribution in [0.25, 0.3) is 0 Å². The SMILES string of the molecule is NNc1cccc(C(=O)NCCC(N)=O)n1. The van der Waals surface area contributed by atoms with Crippen molar-refractivity contribution in [3.8, 4) is 0 Å². The molecule has 1 aromatic heterocycles. The zero-order valence-corrected chi connectivity index (χ0v) is 8.56. The molecule has 1 aromatic rings. The standard InChI is InChI=1S/C9H13N5O2/c10-7(15)4-5-12-9(16)6-2-1-3-8(13-6)14-11/h1-3H,4-5,11H2,(H2,10,15)(H,12,16)(H,13,14). The van der Waals surface area contributed by atoms with Crippen molar-refractivity contribution in [2.24, 2.45) is 11.6 Å². The molecule has 0 bridgehead atoms. The van der Waals surface area contributed by atoms with Gasteiger partial charge in [0.05, 0.1) is 0 Å². The van der Waals surface area contributed by atoms with E-state index < -0.39 is 5.91 Å². The Hall–Kier alpha value is -2.15. The van der Waals surface area contributed by atoms with Crippen LogP contribution in [0.3, 0.4) is 0 Å². The van der Waals surface area contributed by atoms with E-state index in [2.05, 4.69) is 15.7 Å². The molecule has 7 nitrogen and oxygen atoms in total. The molecule has 0 aliphatic heterocycles. The number of rotatable bonds is 5. The molecule has 7 heteroatoms. The summed E-state index contributed by atoms with van der Waals surface area (Å²) in [6.07, 6.45) is 0.0978. The second kappa shape index (κ2) is 5.66. The molecule has 0 aliphatic carbocycles. The van der Waals surface area contributed by atoms with Crippen LogP contribution in [0.5, 0.6) is 0 Å². The van der Waals surface area contributed by atoms with Gasteiger partial charge in [0.2, 0.25) is 5.91 Å². The quantitative estimate of drug-likeness (QED) is 0.375. The highest BCUT2D eigenvalue weighted by Gasteiger charge is 2.07. The van der Waals surface area contributed by atoms with Crippen molar-refractivity contribution in [1.82, 2.24) is 10.3 Å². The summed E-state index contributed by atoms with van der Waals surface area (Å²) in [6.45, 7) is 0.191. The van der Waals surface area contributed by atoms with E-state index in [1.54, 1.807) is 18.2 Å². The molecule has 0 saturated carbocycles. The number of amides is 2. The molecule has 6 N–H and O–H groups in total. The van der Waals surface area contributed by atoms with Gasteiger partial charge in [0, 0.05) is 13.0 Å². The first-order valence-corrected chi connectivity index (χ1v) is 4.63. The fraction of sp³-hybridized carbons (Fsp3) is 0.222. The van der Waals surface area contributed by atoms with E-state index in [9.17, 15) is 9.59 Å². The lowest BCUT2D eigenvalue weighted by Crippen LogP contribution is -2.28. The molecule has 86 valence electrons. The van der Waals surface area contributed by atoms with Gasteiger partial charge in [0.25, 0.3) is 5.91 Å². The Morgan fingerprint density at radius 3 is 2.75 bits per heavy atom. The second-order valence-electron chi connectivity index (χ2n) is 3.02. The lowest BCUT2D eigenvalue weighted by Gasteiger charge is -2.04. The number of aromatic nitrogens is 1. The lowest BCUT2D eigenvalue weighted by atomic mass is 10.3. The van der Waals surface area contributed by atoms with Crippen LogP contribution in [0, 0.1) is 0 Å². The van der Waals surface area contributed by atoms with E-state index in [1.807, 2.05) is 0 Å². The third-order valence-corrected chi connectivity index (χ3v) is 1.79. The van der Waals surface area contributed by atoms with Gasteiger partial charge < -0.3 is 16.5 Å². The number of hydrogen-bond donors (Lipinski definition) is 4. The fourth-order valence-electron chi connectivity index (χ4n) is 1.03. The van der Waals surface area contributed by atoms with Crippen molar-refractivity contribution < 1.29 is 9.59 Å². The molecule has 0 spiro atoms. The number of anilines is 1. The van der Waals surface area contributed by atoms with E-state index in [0.717, 1.165) is 0 Å². The zero-order chi connectivity index (χ0) is 12.0. The van der Waals surface area contributed by atoms with Crippen LogP contribution in [0.15, 0.2) is 18.2 Å². The predicted molar refractivity (Wildman–Crippen MR) is 58.2 cm³/mol. The largest absolute Gasteiger partial charge is 0.370 e. The van der Waals surface area contributed by atoms with E-state index in [0.29, 0.717) is 5.82 Å². The van der Waals surface area contributed by atoms with Gasteiger partial charge in [-0.05, 0) is 12.1 Å². The van der Waals surface area contributed by atoms with Gasteiger partial charge in [-0.3, -0.25) is 9.59 Å². The number of nitrogens with zero attached hydrogens (tertiary/aromatic N) is 1. The highest BCUT2D eigenvalue weighted by atomic mass is 16.2. The molecule has 0 aliphatic rings. The van der Waals surface area contributed by atoms with Gasteiger partial charge in [-0.15, -0.1) is 0 Å². The summed E-state index contributed by atoms with van der Waals surface area (Å²) < 4.78 is 0. The molecule has 0 atom stereocenters. The summed E-state index contributed by atoms with van der Waals surface area (Å²) in [5.74, 6) is 4.70. The van der Waals surface area contributed by atoms with Gasteiger partial charge in [-0.1, -0.05) is 6.07 Å². The number of nitrogen functional groups attached to an aromatic ring is 1. The van der Waals surface area contributed by atoms with Gasteiger partial charge in [-0.2, -0.15) is 0 Å². The molecule has 0 radical (unpaired) electrons. The number of nitrogens with two attached hydrogens (primary N) is 2. The smallest absolute Gasteiger partial charge is 0.269 e. The van der Waals surface area contributed by atoms with Crippen molar-refractivity contribution in [2.75, 3.05) is 12.0 Å². The van der Waals surface area contributed by atoms with Crippen LogP contribution in [-0.4, -0.2) is 23.3 Å². The van der Waals surface area contributed by atoms with Crippen LogP contribution in [0.2, 0.25) is 0 Å². The van der Waals surface area contributed by atoms with Gasteiger partial charge in [-0.25, -0.2) is 10.8 Å². The normalized spacial score (nSPS) is 9.56. The topological polar surface area (TPSA) is 123 Å². The van der Waals surface area contributed by atoms with Gasteiger partial charge in [0.15, 0.2) is 0 Å². The Bertz CT molecular complexity index is 393. The average molecular weight is 223 g/mol. The summed E-state index contributed by atoms with van der Waals surface area (Å²) in [5, 5.41) is 2.51. The maximum absolute atomic E-state index is 11.5. The molecule has 0 unspecified atom stereocenters. The summed E-state index contributed by atoms with van der Waals surface area (Å²) in [7, 11) is 0. The second-order valence-corrected chi connectivity index (χ2v) is 3.02. The Morgan fingerprint density at radius 1 is 1.38 bits per heavy atom. The summed E-state index contributed by atoms with van der Waals surface area (Å²) in [4.78, 5) is 25.9. The number of carbonyl (C=O) groups excluding carboxylic acids is 2. The minimum Gasteiger partial charge on any atom is -0.370 e. The molecule has 1 heterocycles. The monoisotopic (exact) mass is 223 g/mol. The van der Waals surface area contributed by atoms with Crippen LogP contribution in [-0.2, 0) is 4.79 Å². The third-order valence-electron chi connectivity index (χ3n) is 1.79. The van der Waals surface area contributed by atoms with Gasteiger partial charge in [0.1, 0.15) is 11.5 Å². The molecular formula is C9H13N5O2. The predicted octanol–water partition coefficient (Wildman–Crippen LogP) is -1.03. The molecule has 16 heavy (non-hydrogen) atoms.